The minimum absolute atomic E-state index is 0.223. The molecule has 1 aliphatic heterocycles. The van der Waals surface area contributed by atoms with Crippen LogP contribution in [0.15, 0.2) is 66.4 Å². The highest BCUT2D eigenvalue weighted by Crippen LogP contribution is 2.27. The zero-order valence-corrected chi connectivity index (χ0v) is 21.2. The molecule has 0 aromatic heterocycles. The standard InChI is InChI=1S/C25H19Cl2IN2O3/c1-15-3-2-4-17(9-15)13-30-24(31)22(29-25(30)32)11-16-5-8-23(21(28)10-16)33-14-18-6-7-19(26)12-20(18)27/h2-12H,13-14H2,1H3,(H,29,32)/b22-11+. The van der Waals surface area contributed by atoms with Crippen molar-refractivity contribution in [3.05, 3.63) is 102 Å². The molecule has 3 aromatic carbocycles. The summed E-state index contributed by atoms with van der Waals surface area (Å²) in [5, 5.41) is 3.78. The van der Waals surface area contributed by atoms with Gasteiger partial charge in [-0.15, -0.1) is 0 Å². The number of carbonyl (C=O) groups excluding carboxylic acids is 2. The van der Waals surface area contributed by atoms with Gasteiger partial charge >= 0.3 is 6.03 Å². The van der Waals surface area contributed by atoms with Gasteiger partial charge in [0.25, 0.3) is 5.91 Å². The van der Waals surface area contributed by atoms with E-state index in [1.807, 2.05) is 55.5 Å². The first kappa shape index (κ1) is 23.6. The second kappa shape index (κ2) is 10.2. The van der Waals surface area contributed by atoms with Crippen molar-refractivity contribution in [2.45, 2.75) is 20.1 Å². The average molecular weight is 593 g/mol. The molecule has 1 fully saturated rings. The number of amides is 3. The molecule has 0 saturated carbocycles. The third-order valence-corrected chi connectivity index (χ3v) is 6.48. The Morgan fingerprint density at radius 2 is 1.88 bits per heavy atom. The lowest BCUT2D eigenvalue weighted by Crippen LogP contribution is -2.30. The summed E-state index contributed by atoms with van der Waals surface area (Å²) in [5.74, 6) is 0.334. The van der Waals surface area contributed by atoms with Gasteiger partial charge in [0, 0.05) is 15.6 Å². The monoisotopic (exact) mass is 592 g/mol. The van der Waals surface area contributed by atoms with Crippen LogP contribution < -0.4 is 10.1 Å². The average Bonchev–Trinajstić information content (AvgIpc) is 3.01. The molecule has 4 rings (SSSR count). The molecule has 33 heavy (non-hydrogen) atoms. The predicted octanol–water partition coefficient (Wildman–Crippen LogP) is 6.58. The lowest BCUT2D eigenvalue weighted by atomic mass is 10.1. The number of aryl methyl sites for hydroxylation is 1. The minimum atomic E-state index is -0.428. The fourth-order valence-corrected chi connectivity index (χ4v) is 4.55. The van der Waals surface area contributed by atoms with Crippen LogP contribution in [0.4, 0.5) is 4.79 Å². The summed E-state index contributed by atoms with van der Waals surface area (Å²) in [7, 11) is 0. The number of nitrogens with zero attached hydrogens (tertiary/aromatic N) is 1. The molecule has 1 heterocycles. The number of hydrogen-bond donors (Lipinski definition) is 1. The lowest BCUT2D eigenvalue weighted by Gasteiger charge is -2.12. The van der Waals surface area contributed by atoms with Crippen LogP contribution in [0, 0.1) is 10.5 Å². The van der Waals surface area contributed by atoms with Crippen LogP contribution in [-0.2, 0) is 17.9 Å². The number of halogens is 3. The molecule has 1 N–H and O–H groups in total. The van der Waals surface area contributed by atoms with Crippen molar-refractivity contribution < 1.29 is 14.3 Å². The van der Waals surface area contributed by atoms with Crippen molar-refractivity contribution in [2.75, 3.05) is 0 Å². The normalized spacial score (nSPS) is 14.7. The molecule has 0 atom stereocenters. The van der Waals surface area contributed by atoms with E-state index in [0.29, 0.717) is 22.4 Å². The van der Waals surface area contributed by atoms with Gasteiger partial charge in [0.2, 0.25) is 0 Å². The smallest absolute Gasteiger partial charge is 0.329 e. The first-order valence-corrected chi connectivity index (χ1v) is 11.9. The van der Waals surface area contributed by atoms with Gasteiger partial charge in [-0.25, -0.2) is 4.79 Å². The summed E-state index contributed by atoms with van der Waals surface area (Å²) in [6, 6.07) is 18.1. The summed E-state index contributed by atoms with van der Waals surface area (Å²) in [6.07, 6.45) is 1.67. The van der Waals surface area contributed by atoms with Crippen molar-refractivity contribution in [3.63, 3.8) is 0 Å². The van der Waals surface area contributed by atoms with Gasteiger partial charge in [-0.3, -0.25) is 9.69 Å². The van der Waals surface area contributed by atoms with Crippen molar-refractivity contribution in [1.29, 1.82) is 0 Å². The zero-order valence-electron chi connectivity index (χ0n) is 17.6. The van der Waals surface area contributed by atoms with Gasteiger partial charge < -0.3 is 10.1 Å². The molecule has 8 heteroatoms. The number of benzene rings is 3. The summed E-state index contributed by atoms with van der Waals surface area (Å²) in [4.78, 5) is 26.4. The molecule has 0 unspecified atom stereocenters. The van der Waals surface area contributed by atoms with E-state index >= 15 is 0 Å². The molecule has 168 valence electrons. The Hall–Kier alpha value is -2.55. The van der Waals surface area contributed by atoms with E-state index in [2.05, 4.69) is 27.9 Å². The Morgan fingerprint density at radius 3 is 2.61 bits per heavy atom. The maximum atomic E-state index is 12.8. The van der Waals surface area contributed by atoms with Gasteiger partial charge in [0.05, 0.1) is 10.1 Å². The van der Waals surface area contributed by atoms with Gasteiger partial charge in [-0.2, -0.15) is 0 Å². The molecule has 3 amide bonds. The van der Waals surface area contributed by atoms with Crippen molar-refractivity contribution in [1.82, 2.24) is 10.2 Å². The van der Waals surface area contributed by atoms with Crippen molar-refractivity contribution in [2.24, 2.45) is 0 Å². The highest BCUT2D eigenvalue weighted by molar-refractivity contribution is 14.1. The van der Waals surface area contributed by atoms with E-state index < -0.39 is 6.03 Å². The third-order valence-electron chi connectivity index (χ3n) is 5.05. The molecular weight excluding hydrogens is 574 g/mol. The maximum Gasteiger partial charge on any atom is 0.329 e. The Morgan fingerprint density at radius 1 is 1.06 bits per heavy atom. The van der Waals surface area contributed by atoms with E-state index in [-0.39, 0.29) is 18.1 Å². The van der Waals surface area contributed by atoms with E-state index in [1.54, 1.807) is 18.2 Å². The molecule has 3 aromatic rings. The minimum Gasteiger partial charge on any atom is -0.488 e. The highest BCUT2D eigenvalue weighted by atomic mass is 127. The SMILES string of the molecule is Cc1cccc(CN2C(=O)N/C(=C/c3ccc(OCc4ccc(Cl)cc4Cl)c(I)c3)C2=O)c1. The fraction of sp³-hybridized carbons (Fsp3) is 0.120. The molecule has 0 aliphatic carbocycles. The third kappa shape index (κ3) is 5.69. The molecular formula is C25H19Cl2IN2O3. The second-order valence-corrected chi connectivity index (χ2v) is 9.59. The van der Waals surface area contributed by atoms with Crippen molar-refractivity contribution >= 4 is 63.8 Å². The Balaban J connectivity index is 1.46. The van der Waals surface area contributed by atoms with Gasteiger partial charge in [-0.1, -0.05) is 65.2 Å². The van der Waals surface area contributed by atoms with Gasteiger partial charge in [-0.05, 0) is 71.0 Å². The number of imide groups is 1. The molecule has 0 radical (unpaired) electrons. The quantitative estimate of drug-likeness (QED) is 0.200. The molecule has 0 bridgehead atoms. The lowest BCUT2D eigenvalue weighted by molar-refractivity contribution is -0.123. The zero-order chi connectivity index (χ0) is 23.5. The molecule has 5 nitrogen and oxygen atoms in total. The fourth-order valence-electron chi connectivity index (χ4n) is 3.39. The van der Waals surface area contributed by atoms with Crippen LogP contribution in [0.1, 0.15) is 22.3 Å². The molecule has 1 aliphatic rings. The maximum absolute atomic E-state index is 12.8. The second-order valence-electron chi connectivity index (χ2n) is 7.58. The van der Waals surface area contributed by atoms with Gasteiger partial charge in [0.1, 0.15) is 18.1 Å². The Labute approximate surface area is 215 Å². The van der Waals surface area contributed by atoms with Crippen LogP contribution in [0.3, 0.4) is 0 Å². The van der Waals surface area contributed by atoms with E-state index in [4.69, 9.17) is 27.9 Å². The summed E-state index contributed by atoms with van der Waals surface area (Å²) >= 11 is 14.3. The number of rotatable bonds is 6. The van der Waals surface area contributed by atoms with Crippen LogP contribution >= 0.6 is 45.8 Å². The van der Waals surface area contributed by atoms with Gasteiger partial charge in [0.15, 0.2) is 0 Å². The largest absolute Gasteiger partial charge is 0.488 e. The number of ether oxygens (including phenoxy) is 1. The van der Waals surface area contributed by atoms with Crippen molar-refractivity contribution in [3.8, 4) is 5.75 Å². The van der Waals surface area contributed by atoms with Crippen LogP contribution in [0.2, 0.25) is 10.0 Å². The molecule has 1 saturated heterocycles. The van der Waals surface area contributed by atoms with E-state index in [1.165, 1.54) is 4.90 Å². The summed E-state index contributed by atoms with van der Waals surface area (Å²) < 4.78 is 6.76. The first-order chi connectivity index (χ1) is 15.8. The number of carbonyl (C=O) groups is 2. The van der Waals surface area contributed by atoms with E-state index in [0.717, 1.165) is 25.8 Å². The molecule has 0 spiro atoms. The number of hydrogen-bond acceptors (Lipinski definition) is 3. The Bertz CT molecular complexity index is 1280. The van der Waals surface area contributed by atoms with E-state index in [9.17, 15) is 9.59 Å². The summed E-state index contributed by atoms with van der Waals surface area (Å²) in [6.45, 7) is 2.50. The first-order valence-electron chi connectivity index (χ1n) is 10.1. The number of nitrogens with one attached hydrogen (secondary N) is 1. The Kier molecular flexibility index (Phi) is 7.26. The number of urea groups is 1. The topological polar surface area (TPSA) is 58.6 Å². The highest BCUT2D eigenvalue weighted by Gasteiger charge is 2.33. The van der Waals surface area contributed by atoms with Crippen LogP contribution in [-0.4, -0.2) is 16.8 Å². The predicted molar refractivity (Wildman–Crippen MR) is 138 cm³/mol. The van der Waals surface area contributed by atoms with Crippen LogP contribution in [0.25, 0.3) is 6.08 Å². The summed E-state index contributed by atoms with van der Waals surface area (Å²) in [5.41, 5.74) is 3.82. The van der Waals surface area contributed by atoms with Crippen LogP contribution in [0.5, 0.6) is 5.75 Å².